The van der Waals surface area contributed by atoms with E-state index >= 15 is 0 Å². The van der Waals surface area contributed by atoms with Crippen LogP contribution in [0.1, 0.15) is 28.9 Å². The monoisotopic (exact) mass is 349 g/mol. The topological polar surface area (TPSA) is 75.5 Å². The first-order chi connectivity index (χ1) is 11.7. The van der Waals surface area contributed by atoms with Crippen LogP contribution < -0.4 is 10.2 Å². The smallest absolute Gasteiger partial charge is 0.270 e. The predicted molar refractivity (Wildman–Crippen MR) is 89.7 cm³/mol. The molecule has 6 nitrogen and oxygen atoms in total. The summed E-state index contributed by atoms with van der Waals surface area (Å²) in [6.45, 7) is 1.54. The third-order valence-electron chi connectivity index (χ3n) is 3.69. The number of non-ortho nitro benzene ring substituents is 1. The summed E-state index contributed by atoms with van der Waals surface area (Å²) < 4.78 is 26.8. The summed E-state index contributed by atoms with van der Waals surface area (Å²) in [6.07, 6.45) is 0. The van der Waals surface area contributed by atoms with E-state index in [2.05, 4.69) is 5.32 Å². The van der Waals surface area contributed by atoms with E-state index in [9.17, 15) is 23.7 Å². The Hall–Kier alpha value is -3.03. The van der Waals surface area contributed by atoms with Gasteiger partial charge in [-0.2, -0.15) is 0 Å². The average Bonchev–Trinajstić information content (AvgIpc) is 2.53. The number of benzene rings is 2. The lowest BCUT2D eigenvalue weighted by atomic mass is 10.1. The first kappa shape index (κ1) is 18.3. The van der Waals surface area contributed by atoms with Gasteiger partial charge in [0.1, 0.15) is 11.6 Å². The number of nitro groups is 1. The molecule has 0 bridgehead atoms. The Morgan fingerprint density at radius 2 is 1.88 bits per heavy atom. The Bertz CT molecular complexity index is 825. The number of anilines is 1. The van der Waals surface area contributed by atoms with Crippen LogP contribution in [0.25, 0.3) is 0 Å². The maximum absolute atomic E-state index is 13.8. The second kappa shape index (κ2) is 7.25. The summed E-state index contributed by atoms with van der Waals surface area (Å²) >= 11 is 0. The number of halogens is 2. The van der Waals surface area contributed by atoms with Gasteiger partial charge in [-0.3, -0.25) is 14.9 Å². The van der Waals surface area contributed by atoms with Crippen LogP contribution in [0.15, 0.2) is 36.4 Å². The molecule has 0 radical (unpaired) electrons. The van der Waals surface area contributed by atoms with Crippen molar-refractivity contribution in [2.45, 2.75) is 13.0 Å². The molecule has 0 spiro atoms. The van der Waals surface area contributed by atoms with E-state index in [1.54, 1.807) is 25.9 Å². The second-order valence-corrected chi connectivity index (χ2v) is 5.71. The minimum Gasteiger partial charge on any atom is -0.377 e. The second-order valence-electron chi connectivity index (χ2n) is 5.71. The third kappa shape index (κ3) is 4.09. The van der Waals surface area contributed by atoms with Crippen LogP contribution in [0.3, 0.4) is 0 Å². The highest BCUT2D eigenvalue weighted by atomic mass is 19.1. The van der Waals surface area contributed by atoms with Crippen LogP contribution >= 0.6 is 0 Å². The van der Waals surface area contributed by atoms with Gasteiger partial charge in [0.05, 0.1) is 16.5 Å². The molecule has 1 atom stereocenters. The maximum atomic E-state index is 13.8. The third-order valence-corrected chi connectivity index (χ3v) is 3.69. The number of amides is 1. The fourth-order valence-corrected chi connectivity index (χ4v) is 2.41. The molecule has 25 heavy (non-hydrogen) atoms. The van der Waals surface area contributed by atoms with Crippen molar-refractivity contribution in [1.82, 2.24) is 5.32 Å². The highest BCUT2D eigenvalue weighted by Gasteiger charge is 2.21. The standard InChI is InChI=1S/C17H17F2N3O3/c1-10(13-6-4-11(18)8-15(13)19)20-17(23)14-9-12(22(24)25)5-7-16(14)21(2)3/h4-10H,1-3H3,(H,20,23). The van der Waals surface area contributed by atoms with Gasteiger partial charge in [-0.15, -0.1) is 0 Å². The molecule has 0 fully saturated rings. The summed E-state index contributed by atoms with van der Waals surface area (Å²) in [4.78, 5) is 24.5. The molecule has 132 valence electrons. The number of nitrogens with one attached hydrogen (secondary N) is 1. The summed E-state index contributed by atoms with van der Waals surface area (Å²) in [5, 5.41) is 13.5. The summed E-state index contributed by atoms with van der Waals surface area (Å²) in [7, 11) is 3.39. The number of hydrogen-bond donors (Lipinski definition) is 1. The zero-order chi connectivity index (χ0) is 18.7. The minimum absolute atomic E-state index is 0.0913. The zero-order valence-electron chi connectivity index (χ0n) is 13.9. The van der Waals surface area contributed by atoms with E-state index < -0.39 is 28.5 Å². The van der Waals surface area contributed by atoms with Crippen molar-refractivity contribution in [3.05, 3.63) is 69.3 Å². The van der Waals surface area contributed by atoms with Crippen LogP contribution in [0.5, 0.6) is 0 Å². The minimum atomic E-state index is -0.778. The Labute approximate surface area is 143 Å². The van der Waals surface area contributed by atoms with Gasteiger partial charge in [0.15, 0.2) is 0 Å². The molecule has 2 rings (SSSR count). The lowest BCUT2D eigenvalue weighted by Crippen LogP contribution is -2.29. The molecule has 8 heteroatoms. The molecule has 1 amide bonds. The molecular weight excluding hydrogens is 332 g/mol. The van der Waals surface area contributed by atoms with Crippen molar-refractivity contribution < 1.29 is 18.5 Å². The molecule has 0 heterocycles. The fourth-order valence-electron chi connectivity index (χ4n) is 2.41. The van der Waals surface area contributed by atoms with E-state index in [0.29, 0.717) is 5.69 Å². The Kier molecular flexibility index (Phi) is 5.31. The molecule has 0 aliphatic heterocycles. The van der Waals surface area contributed by atoms with Crippen molar-refractivity contribution in [3.8, 4) is 0 Å². The Morgan fingerprint density at radius 1 is 1.20 bits per heavy atom. The zero-order valence-corrected chi connectivity index (χ0v) is 13.9. The van der Waals surface area contributed by atoms with E-state index in [0.717, 1.165) is 12.1 Å². The lowest BCUT2D eigenvalue weighted by molar-refractivity contribution is -0.384. The molecule has 0 aromatic heterocycles. The van der Waals surface area contributed by atoms with Crippen LogP contribution in [0, 0.1) is 21.7 Å². The molecule has 0 saturated carbocycles. The number of hydrogen-bond acceptors (Lipinski definition) is 4. The highest BCUT2D eigenvalue weighted by Crippen LogP contribution is 2.25. The Balaban J connectivity index is 2.33. The number of carbonyl (C=O) groups excluding carboxylic acids is 1. The van der Waals surface area contributed by atoms with Gasteiger partial charge in [-0.1, -0.05) is 6.07 Å². The van der Waals surface area contributed by atoms with Gasteiger partial charge >= 0.3 is 0 Å². The van der Waals surface area contributed by atoms with Crippen molar-refractivity contribution in [2.75, 3.05) is 19.0 Å². The van der Waals surface area contributed by atoms with Crippen LogP contribution in [0.2, 0.25) is 0 Å². The molecule has 0 saturated heterocycles. The average molecular weight is 349 g/mol. The van der Waals surface area contributed by atoms with E-state index in [1.165, 1.54) is 24.3 Å². The molecule has 2 aromatic carbocycles. The maximum Gasteiger partial charge on any atom is 0.270 e. The molecule has 1 unspecified atom stereocenters. The Morgan fingerprint density at radius 3 is 2.44 bits per heavy atom. The summed E-state index contributed by atoms with van der Waals surface area (Å²) in [5.41, 5.74) is 0.464. The molecule has 1 N–H and O–H groups in total. The van der Waals surface area contributed by atoms with Gasteiger partial charge in [-0.05, 0) is 19.1 Å². The normalized spacial score (nSPS) is 11.7. The van der Waals surface area contributed by atoms with Crippen molar-refractivity contribution in [2.24, 2.45) is 0 Å². The van der Waals surface area contributed by atoms with Crippen LogP contribution in [-0.4, -0.2) is 24.9 Å². The highest BCUT2D eigenvalue weighted by molar-refractivity contribution is 6.00. The lowest BCUT2D eigenvalue weighted by Gasteiger charge is -2.19. The van der Waals surface area contributed by atoms with Crippen LogP contribution in [0.4, 0.5) is 20.2 Å². The number of rotatable bonds is 5. The van der Waals surface area contributed by atoms with Gasteiger partial charge in [0, 0.05) is 43.5 Å². The van der Waals surface area contributed by atoms with Crippen LogP contribution in [-0.2, 0) is 0 Å². The first-order valence-electron chi connectivity index (χ1n) is 7.42. The van der Waals surface area contributed by atoms with E-state index in [4.69, 9.17) is 0 Å². The van der Waals surface area contributed by atoms with E-state index in [-0.39, 0.29) is 16.8 Å². The van der Waals surface area contributed by atoms with Crippen molar-refractivity contribution >= 4 is 17.3 Å². The molecular formula is C17H17F2N3O3. The number of nitro benzene ring substituents is 1. The largest absolute Gasteiger partial charge is 0.377 e. The van der Waals surface area contributed by atoms with E-state index in [1.807, 2.05) is 0 Å². The molecule has 0 aliphatic rings. The number of carbonyl (C=O) groups is 1. The van der Waals surface area contributed by atoms with Crippen molar-refractivity contribution in [3.63, 3.8) is 0 Å². The summed E-state index contributed by atoms with van der Waals surface area (Å²) in [6, 6.07) is 6.26. The van der Waals surface area contributed by atoms with Gasteiger partial charge in [0.2, 0.25) is 0 Å². The molecule has 2 aromatic rings. The van der Waals surface area contributed by atoms with Crippen molar-refractivity contribution in [1.29, 1.82) is 0 Å². The van der Waals surface area contributed by atoms with Gasteiger partial charge in [0.25, 0.3) is 11.6 Å². The molecule has 0 aliphatic carbocycles. The quantitative estimate of drug-likeness (QED) is 0.663. The first-order valence-corrected chi connectivity index (χ1v) is 7.42. The van der Waals surface area contributed by atoms with Gasteiger partial charge < -0.3 is 10.2 Å². The van der Waals surface area contributed by atoms with Gasteiger partial charge in [-0.25, -0.2) is 8.78 Å². The SMILES string of the molecule is CC(NC(=O)c1cc([N+](=O)[O-])ccc1N(C)C)c1ccc(F)cc1F. The number of nitrogens with zero attached hydrogens (tertiary/aromatic N) is 2. The predicted octanol–water partition coefficient (Wildman–Crippen LogP) is 3.43. The fraction of sp³-hybridized carbons (Fsp3) is 0.235. The summed E-state index contributed by atoms with van der Waals surface area (Å²) in [5.74, 6) is -2.09.